The molecule has 0 bridgehead atoms. The van der Waals surface area contributed by atoms with Crippen molar-refractivity contribution in [3.63, 3.8) is 0 Å². The van der Waals surface area contributed by atoms with Gasteiger partial charge in [0.15, 0.2) is 0 Å². The molecule has 2 aliphatic rings. The van der Waals surface area contributed by atoms with E-state index in [1.165, 1.54) is 38.5 Å². The van der Waals surface area contributed by atoms with Gasteiger partial charge in [0.1, 0.15) is 0 Å². The molecule has 2 heterocycles. The van der Waals surface area contributed by atoms with E-state index in [2.05, 4.69) is 23.6 Å². The molecule has 0 N–H and O–H groups in total. The van der Waals surface area contributed by atoms with Gasteiger partial charge < -0.3 is 9.80 Å². The van der Waals surface area contributed by atoms with E-state index >= 15 is 0 Å². The molecule has 2 rings (SSSR count). The van der Waals surface area contributed by atoms with Crippen LogP contribution in [0.4, 0.5) is 4.79 Å². The lowest BCUT2D eigenvalue weighted by Crippen LogP contribution is -2.49. The maximum atomic E-state index is 12.4. The number of piperidine rings is 2. The number of rotatable bonds is 2. The summed E-state index contributed by atoms with van der Waals surface area (Å²) in [5, 5.41) is 0. The van der Waals surface area contributed by atoms with Gasteiger partial charge in [-0.3, -0.25) is 0 Å². The van der Waals surface area contributed by atoms with Crippen LogP contribution in [0.5, 0.6) is 0 Å². The molecule has 0 aromatic carbocycles. The van der Waals surface area contributed by atoms with Gasteiger partial charge in [0.05, 0.1) is 0 Å². The fourth-order valence-electron chi connectivity index (χ4n) is 3.22. The highest BCUT2D eigenvalue weighted by atomic mass is 16.2. The predicted octanol–water partition coefficient (Wildman–Crippen LogP) is 3.35. The first kappa shape index (κ1) is 13.7. The summed E-state index contributed by atoms with van der Waals surface area (Å²) in [6, 6.07) is 0.303. The van der Waals surface area contributed by atoms with E-state index in [0.29, 0.717) is 6.03 Å². The van der Waals surface area contributed by atoms with Crippen LogP contribution in [-0.2, 0) is 0 Å². The molecule has 2 saturated heterocycles. The van der Waals surface area contributed by atoms with Crippen molar-refractivity contribution in [3.05, 3.63) is 0 Å². The monoisotopic (exact) mass is 252 g/mol. The number of urea groups is 1. The molecule has 0 unspecified atom stereocenters. The number of likely N-dealkylation sites (tertiary alicyclic amines) is 2. The van der Waals surface area contributed by atoms with Gasteiger partial charge in [0.2, 0.25) is 0 Å². The van der Waals surface area contributed by atoms with Crippen molar-refractivity contribution in [2.75, 3.05) is 26.2 Å². The zero-order valence-corrected chi connectivity index (χ0v) is 12.0. The number of hydrogen-bond donors (Lipinski definition) is 0. The Morgan fingerprint density at radius 2 is 1.50 bits per heavy atom. The molecule has 0 aliphatic carbocycles. The quantitative estimate of drug-likeness (QED) is 0.739. The molecule has 104 valence electrons. The lowest BCUT2D eigenvalue weighted by molar-refractivity contribution is 0.117. The van der Waals surface area contributed by atoms with Crippen LogP contribution in [0.15, 0.2) is 0 Å². The Morgan fingerprint density at radius 3 is 2.00 bits per heavy atom. The molecule has 3 heteroatoms. The van der Waals surface area contributed by atoms with Crippen molar-refractivity contribution in [1.82, 2.24) is 9.80 Å². The molecular formula is C15H28N2O. The third-order valence-electron chi connectivity index (χ3n) is 4.64. The fraction of sp³-hybridized carbons (Fsp3) is 0.933. The smallest absolute Gasteiger partial charge is 0.319 e. The van der Waals surface area contributed by atoms with Gasteiger partial charge in [0.25, 0.3) is 0 Å². The summed E-state index contributed by atoms with van der Waals surface area (Å²) < 4.78 is 0. The number of hydrogen-bond acceptors (Lipinski definition) is 1. The van der Waals surface area contributed by atoms with Gasteiger partial charge in [-0.15, -0.1) is 0 Å². The van der Waals surface area contributed by atoms with E-state index in [1.54, 1.807) is 0 Å². The zero-order chi connectivity index (χ0) is 13.0. The Hall–Kier alpha value is -0.730. The maximum Gasteiger partial charge on any atom is 0.319 e. The Balaban J connectivity index is 1.77. The molecule has 0 aromatic rings. The zero-order valence-electron chi connectivity index (χ0n) is 12.0. The average molecular weight is 252 g/mol. The van der Waals surface area contributed by atoms with Crippen LogP contribution in [-0.4, -0.2) is 42.0 Å². The van der Waals surface area contributed by atoms with E-state index in [-0.39, 0.29) is 0 Å². The molecule has 0 saturated carbocycles. The van der Waals surface area contributed by atoms with Crippen molar-refractivity contribution in [2.24, 2.45) is 11.8 Å². The third kappa shape index (κ3) is 3.39. The molecule has 18 heavy (non-hydrogen) atoms. The molecule has 2 fully saturated rings. The highest BCUT2D eigenvalue weighted by Crippen LogP contribution is 2.24. The Bertz CT molecular complexity index is 264. The average Bonchev–Trinajstić information content (AvgIpc) is 2.40. The summed E-state index contributed by atoms with van der Waals surface area (Å²) >= 11 is 0. The summed E-state index contributed by atoms with van der Waals surface area (Å²) in [4.78, 5) is 16.5. The second-order valence-corrected chi connectivity index (χ2v) is 6.17. The summed E-state index contributed by atoms with van der Waals surface area (Å²) in [6.07, 6.45) is 7.40. The minimum atomic E-state index is 0.303. The SMILES string of the molecule is CCCC1CCN(C(=O)N2CCC(C)CC2)CC1. The molecule has 2 aliphatic heterocycles. The topological polar surface area (TPSA) is 23.6 Å². The van der Waals surface area contributed by atoms with Crippen molar-refractivity contribution in [2.45, 2.75) is 52.4 Å². The first-order valence-electron chi connectivity index (χ1n) is 7.74. The molecule has 0 atom stereocenters. The number of nitrogens with zero attached hydrogens (tertiary/aromatic N) is 2. The van der Waals surface area contributed by atoms with Crippen molar-refractivity contribution in [1.29, 1.82) is 0 Å². The van der Waals surface area contributed by atoms with E-state index in [1.807, 2.05) is 0 Å². The predicted molar refractivity (Wildman–Crippen MR) is 74.6 cm³/mol. The van der Waals surface area contributed by atoms with Crippen molar-refractivity contribution < 1.29 is 4.79 Å². The minimum Gasteiger partial charge on any atom is -0.325 e. The van der Waals surface area contributed by atoms with Gasteiger partial charge in [-0.2, -0.15) is 0 Å². The van der Waals surface area contributed by atoms with Gasteiger partial charge in [0, 0.05) is 26.2 Å². The van der Waals surface area contributed by atoms with Gasteiger partial charge >= 0.3 is 6.03 Å². The van der Waals surface area contributed by atoms with Crippen LogP contribution in [0.1, 0.15) is 52.4 Å². The Morgan fingerprint density at radius 1 is 1.00 bits per heavy atom. The van der Waals surface area contributed by atoms with Gasteiger partial charge in [-0.05, 0) is 37.5 Å². The third-order valence-corrected chi connectivity index (χ3v) is 4.64. The molecule has 3 nitrogen and oxygen atoms in total. The van der Waals surface area contributed by atoms with E-state index in [0.717, 1.165) is 38.0 Å². The molecular weight excluding hydrogens is 224 g/mol. The highest BCUT2D eigenvalue weighted by molar-refractivity contribution is 5.74. The molecule has 0 spiro atoms. The molecule has 0 aromatic heterocycles. The largest absolute Gasteiger partial charge is 0.325 e. The van der Waals surface area contributed by atoms with Crippen molar-refractivity contribution in [3.8, 4) is 0 Å². The summed E-state index contributed by atoms with van der Waals surface area (Å²) in [7, 11) is 0. The van der Waals surface area contributed by atoms with Crippen LogP contribution in [0.2, 0.25) is 0 Å². The van der Waals surface area contributed by atoms with E-state index in [9.17, 15) is 4.79 Å². The second kappa shape index (κ2) is 6.44. The maximum absolute atomic E-state index is 12.4. The second-order valence-electron chi connectivity index (χ2n) is 6.17. The number of amides is 2. The van der Waals surface area contributed by atoms with Crippen LogP contribution < -0.4 is 0 Å². The summed E-state index contributed by atoms with van der Waals surface area (Å²) in [6.45, 7) is 8.44. The fourth-order valence-corrected chi connectivity index (χ4v) is 3.22. The standard InChI is InChI=1S/C15H28N2O/c1-3-4-14-7-11-17(12-8-14)15(18)16-9-5-13(2)6-10-16/h13-14H,3-12H2,1-2H3. The Kier molecular flexibility index (Phi) is 4.90. The van der Waals surface area contributed by atoms with Crippen LogP contribution in [0.25, 0.3) is 0 Å². The highest BCUT2D eigenvalue weighted by Gasteiger charge is 2.27. The normalized spacial score (nSPS) is 23.4. The lowest BCUT2D eigenvalue weighted by Gasteiger charge is -2.38. The van der Waals surface area contributed by atoms with E-state index in [4.69, 9.17) is 0 Å². The first-order chi connectivity index (χ1) is 8.70. The van der Waals surface area contributed by atoms with Gasteiger partial charge in [-0.25, -0.2) is 4.79 Å². The summed E-state index contributed by atoms with van der Waals surface area (Å²) in [5.41, 5.74) is 0. The van der Waals surface area contributed by atoms with Crippen molar-refractivity contribution >= 4 is 6.03 Å². The van der Waals surface area contributed by atoms with Crippen LogP contribution in [0, 0.1) is 11.8 Å². The minimum absolute atomic E-state index is 0.303. The number of carbonyl (C=O) groups is 1. The van der Waals surface area contributed by atoms with Crippen LogP contribution in [0.3, 0.4) is 0 Å². The van der Waals surface area contributed by atoms with E-state index < -0.39 is 0 Å². The summed E-state index contributed by atoms with van der Waals surface area (Å²) in [5.74, 6) is 1.66. The first-order valence-corrected chi connectivity index (χ1v) is 7.74. The molecule has 0 radical (unpaired) electrons. The Labute approximate surface area is 112 Å². The van der Waals surface area contributed by atoms with Gasteiger partial charge in [-0.1, -0.05) is 26.7 Å². The lowest BCUT2D eigenvalue weighted by atomic mass is 9.92. The molecule has 2 amide bonds. The number of carbonyl (C=O) groups excluding carboxylic acids is 1. The van der Waals surface area contributed by atoms with Crippen LogP contribution >= 0.6 is 0 Å².